The van der Waals surface area contributed by atoms with Gasteiger partial charge >= 0.3 is 0 Å². The van der Waals surface area contributed by atoms with Gasteiger partial charge in [0.25, 0.3) is 0 Å². The molecule has 0 radical (unpaired) electrons. The molecule has 0 aliphatic carbocycles. The molecule has 0 spiro atoms. The van der Waals surface area contributed by atoms with Crippen molar-refractivity contribution in [1.29, 1.82) is 0 Å². The fraction of sp³-hybridized carbons (Fsp3) is 0.625. The van der Waals surface area contributed by atoms with Gasteiger partial charge in [-0.1, -0.05) is 30.7 Å². The molecule has 3 nitrogen and oxygen atoms in total. The highest BCUT2D eigenvalue weighted by molar-refractivity contribution is 5.30. The van der Waals surface area contributed by atoms with Crippen molar-refractivity contribution in [3.63, 3.8) is 0 Å². The second-order valence-electron chi connectivity index (χ2n) is 5.62. The number of likely N-dealkylation sites (tertiary alicyclic amines) is 1. The number of hydrogen-bond donors (Lipinski definition) is 1. The van der Waals surface area contributed by atoms with Crippen LogP contribution in [-0.2, 0) is 11.3 Å². The molecule has 2 aliphatic rings. The van der Waals surface area contributed by atoms with Crippen LogP contribution in [0.2, 0.25) is 0 Å². The third kappa shape index (κ3) is 3.35. The van der Waals surface area contributed by atoms with Gasteiger partial charge in [0, 0.05) is 13.1 Å². The van der Waals surface area contributed by atoms with Crippen molar-refractivity contribution in [1.82, 2.24) is 10.2 Å². The van der Waals surface area contributed by atoms with E-state index in [1.165, 1.54) is 50.0 Å². The minimum absolute atomic E-state index is 0.370. The molecule has 1 fully saturated rings. The summed E-state index contributed by atoms with van der Waals surface area (Å²) in [6.07, 6.45) is 4.15. The van der Waals surface area contributed by atoms with E-state index in [1.54, 1.807) is 0 Å². The standard InChI is InChI=1S/C16H24N2O/c1-4-9-18(10-5-1)11-8-17-16-13-19-12-14-6-2-3-7-15(14)16/h2-3,6-7,16-17H,1,4-5,8-13H2. The third-order valence-electron chi connectivity index (χ3n) is 4.24. The number of fused-ring (bicyclic) bond motifs is 1. The van der Waals surface area contributed by atoms with Crippen LogP contribution in [-0.4, -0.2) is 37.7 Å². The van der Waals surface area contributed by atoms with Gasteiger partial charge in [0.15, 0.2) is 0 Å². The predicted molar refractivity (Wildman–Crippen MR) is 77.1 cm³/mol. The highest BCUT2D eigenvalue weighted by atomic mass is 16.5. The Morgan fingerprint density at radius 3 is 2.89 bits per heavy atom. The summed E-state index contributed by atoms with van der Waals surface area (Å²) in [5.41, 5.74) is 2.76. The lowest BCUT2D eigenvalue weighted by Crippen LogP contribution is -2.38. The lowest BCUT2D eigenvalue weighted by molar-refractivity contribution is 0.0808. The van der Waals surface area contributed by atoms with Crippen LogP contribution in [0, 0.1) is 0 Å². The van der Waals surface area contributed by atoms with Crippen LogP contribution in [0.1, 0.15) is 36.4 Å². The van der Waals surface area contributed by atoms with Crippen LogP contribution < -0.4 is 5.32 Å². The summed E-state index contributed by atoms with van der Waals surface area (Å²) < 4.78 is 5.67. The topological polar surface area (TPSA) is 24.5 Å². The summed E-state index contributed by atoms with van der Waals surface area (Å²) >= 11 is 0. The minimum atomic E-state index is 0.370. The molecule has 1 aromatic rings. The van der Waals surface area contributed by atoms with E-state index in [0.29, 0.717) is 6.04 Å². The number of piperidine rings is 1. The number of hydrogen-bond acceptors (Lipinski definition) is 3. The number of rotatable bonds is 4. The molecule has 3 heteroatoms. The Balaban J connectivity index is 1.50. The average Bonchev–Trinajstić information content (AvgIpc) is 2.49. The largest absolute Gasteiger partial charge is 0.375 e. The molecule has 0 bridgehead atoms. The Morgan fingerprint density at radius 2 is 2.00 bits per heavy atom. The van der Waals surface area contributed by atoms with Gasteiger partial charge in [0.1, 0.15) is 0 Å². The number of ether oxygens (including phenoxy) is 1. The van der Waals surface area contributed by atoms with E-state index in [0.717, 1.165) is 19.8 Å². The lowest BCUT2D eigenvalue weighted by atomic mass is 9.99. The summed E-state index contributed by atoms with van der Waals surface area (Å²) in [6, 6.07) is 9.00. The molecule has 1 N–H and O–H groups in total. The van der Waals surface area contributed by atoms with Crippen molar-refractivity contribution in [2.24, 2.45) is 0 Å². The molecule has 19 heavy (non-hydrogen) atoms. The first-order chi connectivity index (χ1) is 9.43. The van der Waals surface area contributed by atoms with Gasteiger partial charge in [-0.3, -0.25) is 0 Å². The van der Waals surface area contributed by atoms with Crippen molar-refractivity contribution in [2.45, 2.75) is 31.9 Å². The third-order valence-corrected chi connectivity index (χ3v) is 4.24. The minimum Gasteiger partial charge on any atom is -0.375 e. The van der Waals surface area contributed by atoms with E-state index in [-0.39, 0.29) is 0 Å². The molecule has 1 aromatic carbocycles. The zero-order valence-corrected chi connectivity index (χ0v) is 11.6. The van der Waals surface area contributed by atoms with Crippen LogP contribution in [0.4, 0.5) is 0 Å². The van der Waals surface area contributed by atoms with Crippen molar-refractivity contribution in [3.8, 4) is 0 Å². The van der Waals surface area contributed by atoms with Gasteiger partial charge in [-0.05, 0) is 37.1 Å². The summed E-state index contributed by atoms with van der Waals surface area (Å²) in [6.45, 7) is 6.34. The highest BCUT2D eigenvalue weighted by Gasteiger charge is 2.19. The Bertz CT molecular complexity index is 401. The fourth-order valence-electron chi connectivity index (χ4n) is 3.13. The summed E-state index contributed by atoms with van der Waals surface area (Å²) in [5, 5.41) is 3.66. The van der Waals surface area contributed by atoms with Gasteiger partial charge < -0.3 is 15.0 Å². The molecule has 1 saturated heterocycles. The van der Waals surface area contributed by atoms with Crippen LogP contribution in [0.3, 0.4) is 0 Å². The van der Waals surface area contributed by atoms with Crippen LogP contribution in [0.15, 0.2) is 24.3 Å². The van der Waals surface area contributed by atoms with E-state index >= 15 is 0 Å². The van der Waals surface area contributed by atoms with Crippen molar-refractivity contribution in [3.05, 3.63) is 35.4 Å². The van der Waals surface area contributed by atoms with Gasteiger partial charge in [-0.2, -0.15) is 0 Å². The maximum atomic E-state index is 5.67. The van der Waals surface area contributed by atoms with Gasteiger partial charge in [-0.25, -0.2) is 0 Å². The second-order valence-corrected chi connectivity index (χ2v) is 5.62. The average molecular weight is 260 g/mol. The first-order valence-corrected chi connectivity index (χ1v) is 7.55. The lowest BCUT2D eigenvalue weighted by Gasteiger charge is -2.29. The summed E-state index contributed by atoms with van der Waals surface area (Å²) in [4.78, 5) is 2.58. The zero-order chi connectivity index (χ0) is 12.9. The SMILES string of the molecule is c1ccc2c(c1)COCC2NCCN1CCCCC1. The summed E-state index contributed by atoms with van der Waals surface area (Å²) in [5.74, 6) is 0. The molecule has 2 heterocycles. The van der Waals surface area contributed by atoms with Gasteiger partial charge in [0.2, 0.25) is 0 Å². The monoisotopic (exact) mass is 260 g/mol. The van der Waals surface area contributed by atoms with Gasteiger partial charge in [0.05, 0.1) is 19.3 Å². The molecule has 1 unspecified atom stereocenters. The second kappa shape index (κ2) is 6.51. The molecule has 0 saturated carbocycles. The maximum absolute atomic E-state index is 5.67. The van der Waals surface area contributed by atoms with Crippen LogP contribution in [0.5, 0.6) is 0 Å². The normalized spacial score (nSPS) is 24.1. The van der Waals surface area contributed by atoms with Crippen molar-refractivity contribution in [2.75, 3.05) is 32.8 Å². The zero-order valence-electron chi connectivity index (χ0n) is 11.6. The number of nitrogens with one attached hydrogen (secondary N) is 1. The highest BCUT2D eigenvalue weighted by Crippen LogP contribution is 2.24. The molecule has 2 aliphatic heterocycles. The summed E-state index contributed by atoms with van der Waals surface area (Å²) in [7, 11) is 0. The molecule has 104 valence electrons. The Morgan fingerprint density at radius 1 is 1.16 bits per heavy atom. The molecule has 0 amide bonds. The Labute approximate surface area is 115 Å². The molecule has 1 atom stereocenters. The number of nitrogens with zero attached hydrogens (tertiary/aromatic N) is 1. The van der Waals surface area contributed by atoms with E-state index in [2.05, 4.69) is 34.5 Å². The molecule has 0 aromatic heterocycles. The first-order valence-electron chi connectivity index (χ1n) is 7.55. The van der Waals surface area contributed by atoms with E-state index in [1.807, 2.05) is 0 Å². The Kier molecular flexibility index (Phi) is 4.49. The number of benzene rings is 1. The van der Waals surface area contributed by atoms with Crippen molar-refractivity contribution >= 4 is 0 Å². The predicted octanol–water partition coefficient (Wildman–Crippen LogP) is 2.33. The Hall–Kier alpha value is -0.900. The van der Waals surface area contributed by atoms with E-state index in [4.69, 9.17) is 4.74 Å². The smallest absolute Gasteiger partial charge is 0.0721 e. The fourth-order valence-corrected chi connectivity index (χ4v) is 3.13. The quantitative estimate of drug-likeness (QED) is 0.899. The molecular formula is C16H24N2O. The molecular weight excluding hydrogens is 236 g/mol. The van der Waals surface area contributed by atoms with Crippen molar-refractivity contribution < 1.29 is 4.74 Å². The molecule has 3 rings (SSSR count). The van der Waals surface area contributed by atoms with Gasteiger partial charge in [-0.15, -0.1) is 0 Å². The first kappa shape index (κ1) is 13.1. The van der Waals surface area contributed by atoms with E-state index in [9.17, 15) is 0 Å². The van der Waals surface area contributed by atoms with Crippen LogP contribution in [0.25, 0.3) is 0 Å². The maximum Gasteiger partial charge on any atom is 0.0721 e. The van der Waals surface area contributed by atoms with Crippen LogP contribution >= 0.6 is 0 Å². The van der Waals surface area contributed by atoms with E-state index < -0.39 is 0 Å².